The number of hydrogen-bond acceptors (Lipinski definition) is 9. The molecular formula is C27H28N6O5. The highest BCUT2D eigenvalue weighted by molar-refractivity contribution is 5.98. The summed E-state index contributed by atoms with van der Waals surface area (Å²) in [7, 11) is 4.41. The second-order valence-electron chi connectivity index (χ2n) is 8.25. The maximum absolute atomic E-state index is 12.8. The summed E-state index contributed by atoms with van der Waals surface area (Å²) < 4.78 is 15.9. The minimum Gasteiger partial charge on any atom is -0.493 e. The van der Waals surface area contributed by atoms with E-state index >= 15 is 0 Å². The molecule has 0 saturated carbocycles. The van der Waals surface area contributed by atoms with Crippen LogP contribution in [0.1, 0.15) is 22.0 Å². The average Bonchev–Trinajstić information content (AvgIpc) is 3.43. The minimum absolute atomic E-state index is 0.235. The fourth-order valence-electron chi connectivity index (χ4n) is 4.04. The van der Waals surface area contributed by atoms with Crippen LogP contribution in [0, 0.1) is 11.3 Å². The van der Waals surface area contributed by atoms with Crippen molar-refractivity contribution < 1.29 is 23.8 Å². The average molecular weight is 517 g/mol. The second-order valence-corrected chi connectivity index (χ2v) is 8.25. The molecule has 2 amide bonds. The Morgan fingerprint density at radius 2 is 1.74 bits per heavy atom. The number of benzene rings is 3. The normalized spacial score (nSPS) is 13.1. The van der Waals surface area contributed by atoms with Crippen molar-refractivity contribution in [1.29, 1.82) is 5.26 Å². The van der Waals surface area contributed by atoms with Crippen molar-refractivity contribution in [3.63, 3.8) is 0 Å². The van der Waals surface area contributed by atoms with E-state index in [1.807, 2.05) is 42.5 Å². The van der Waals surface area contributed by atoms with Crippen LogP contribution in [-0.2, 0) is 4.79 Å². The molecule has 0 aliphatic carbocycles. The van der Waals surface area contributed by atoms with Gasteiger partial charge in [-0.15, -0.1) is 5.53 Å². The number of fused-ring (bicyclic) bond motifs is 1. The first-order chi connectivity index (χ1) is 18.5. The summed E-state index contributed by atoms with van der Waals surface area (Å²) in [5.41, 5.74) is 6.85. The lowest BCUT2D eigenvalue weighted by atomic mass is 10.0. The van der Waals surface area contributed by atoms with E-state index in [0.29, 0.717) is 29.2 Å². The molecule has 1 atom stereocenters. The van der Waals surface area contributed by atoms with Gasteiger partial charge in [-0.1, -0.05) is 36.4 Å². The van der Waals surface area contributed by atoms with Crippen LogP contribution in [0.25, 0.3) is 10.8 Å². The third-order valence-electron chi connectivity index (χ3n) is 5.96. The largest absolute Gasteiger partial charge is 0.493 e. The Morgan fingerprint density at radius 3 is 2.45 bits per heavy atom. The fraction of sp³-hybridized carbons (Fsp3) is 0.222. The summed E-state index contributed by atoms with van der Waals surface area (Å²) in [5, 5.41) is 18.9. The van der Waals surface area contributed by atoms with Gasteiger partial charge in [0.1, 0.15) is 11.7 Å². The molecular weight excluding hydrogens is 488 g/mol. The van der Waals surface area contributed by atoms with Gasteiger partial charge >= 0.3 is 0 Å². The number of nitrogens with one attached hydrogen (secondary N) is 4. The summed E-state index contributed by atoms with van der Waals surface area (Å²) in [6.07, 6.45) is 1.56. The molecule has 0 fully saturated rings. The standard InChI is InChI=1S/C27H28N6O5/c1-36-23-11-10-20(24(37-2)25(23)38-3)26(34)29-12-13-33-16-22(31-32-33)27(35)30-21(15-28)19-9-8-17-6-4-5-7-18(17)14-19/h4-11,14,16,21,31-32H,12-13H2,1-3H3,(H,29,34)(H,30,35). The second kappa shape index (κ2) is 11.9. The van der Waals surface area contributed by atoms with Gasteiger partial charge in [-0.05, 0) is 34.5 Å². The van der Waals surface area contributed by atoms with Gasteiger partial charge < -0.3 is 24.8 Å². The van der Waals surface area contributed by atoms with Crippen molar-refractivity contribution in [2.75, 3.05) is 34.4 Å². The number of hydrazine groups is 2. The molecule has 1 aliphatic rings. The number of nitrogens with zero attached hydrogens (tertiary/aromatic N) is 2. The van der Waals surface area contributed by atoms with E-state index in [4.69, 9.17) is 14.2 Å². The number of hydrogen-bond donors (Lipinski definition) is 4. The number of amides is 2. The van der Waals surface area contributed by atoms with Crippen LogP contribution < -0.4 is 35.8 Å². The first-order valence-corrected chi connectivity index (χ1v) is 11.8. The summed E-state index contributed by atoms with van der Waals surface area (Å²) in [5.74, 6) is 0.236. The van der Waals surface area contributed by atoms with Crippen LogP contribution in [0.4, 0.5) is 0 Å². The van der Waals surface area contributed by atoms with Gasteiger partial charge in [-0.2, -0.15) is 5.26 Å². The van der Waals surface area contributed by atoms with Crippen molar-refractivity contribution in [3.8, 4) is 23.3 Å². The lowest BCUT2D eigenvalue weighted by molar-refractivity contribution is -0.118. The van der Waals surface area contributed by atoms with Crippen LogP contribution in [0.3, 0.4) is 0 Å². The highest BCUT2D eigenvalue weighted by Crippen LogP contribution is 2.39. The Balaban J connectivity index is 1.33. The summed E-state index contributed by atoms with van der Waals surface area (Å²) in [4.78, 5) is 25.5. The highest BCUT2D eigenvalue weighted by atomic mass is 16.5. The van der Waals surface area contributed by atoms with Gasteiger partial charge in [0.25, 0.3) is 11.8 Å². The van der Waals surface area contributed by atoms with Gasteiger partial charge in [0.15, 0.2) is 11.5 Å². The van der Waals surface area contributed by atoms with Crippen molar-refractivity contribution in [3.05, 3.63) is 77.6 Å². The number of ether oxygens (including phenoxy) is 3. The quantitative estimate of drug-likeness (QED) is 0.319. The van der Waals surface area contributed by atoms with Crippen LogP contribution >= 0.6 is 0 Å². The maximum Gasteiger partial charge on any atom is 0.271 e. The lowest BCUT2D eigenvalue weighted by Gasteiger charge is -2.17. The van der Waals surface area contributed by atoms with Gasteiger partial charge in [0.05, 0.1) is 39.5 Å². The molecule has 4 N–H and O–H groups in total. The lowest BCUT2D eigenvalue weighted by Crippen LogP contribution is -2.42. The van der Waals surface area contributed by atoms with Gasteiger partial charge in [0.2, 0.25) is 5.75 Å². The smallest absolute Gasteiger partial charge is 0.271 e. The highest BCUT2D eigenvalue weighted by Gasteiger charge is 2.23. The molecule has 38 heavy (non-hydrogen) atoms. The van der Waals surface area contributed by atoms with E-state index in [1.54, 1.807) is 23.3 Å². The summed E-state index contributed by atoms with van der Waals surface area (Å²) in [6, 6.07) is 18.0. The first-order valence-electron chi connectivity index (χ1n) is 11.8. The summed E-state index contributed by atoms with van der Waals surface area (Å²) in [6.45, 7) is 0.603. The predicted molar refractivity (Wildman–Crippen MR) is 140 cm³/mol. The fourth-order valence-corrected chi connectivity index (χ4v) is 4.04. The van der Waals surface area contributed by atoms with E-state index in [2.05, 4.69) is 27.7 Å². The number of carbonyl (C=O) groups is 2. The zero-order valence-electron chi connectivity index (χ0n) is 21.2. The zero-order chi connectivity index (χ0) is 27.1. The SMILES string of the molecule is COc1ccc(C(=O)NCCN2C=C(C(=O)NC(C#N)c3ccc4ccccc4c3)NN2)c(OC)c1OC. The van der Waals surface area contributed by atoms with Crippen LogP contribution in [-0.4, -0.2) is 51.2 Å². The Morgan fingerprint density at radius 1 is 0.974 bits per heavy atom. The molecule has 0 radical (unpaired) electrons. The summed E-state index contributed by atoms with van der Waals surface area (Å²) >= 11 is 0. The maximum atomic E-state index is 12.8. The molecule has 1 unspecified atom stereocenters. The van der Waals surface area contributed by atoms with Crippen molar-refractivity contribution >= 4 is 22.6 Å². The van der Waals surface area contributed by atoms with Crippen molar-refractivity contribution in [2.24, 2.45) is 0 Å². The van der Waals surface area contributed by atoms with E-state index < -0.39 is 11.9 Å². The molecule has 0 saturated heterocycles. The van der Waals surface area contributed by atoms with Gasteiger partial charge in [-0.25, -0.2) is 0 Å². The molecule has 0 aromatic heterocycles. The van der Waals surface area contributed by atoms with Crippen LogP contribution in [0.2, 0.25) is 0 Å². The zero-order valence-corrected chi connectivity index (χ0v) is 21.2. The molecule has 4 rings (SSSR count). The number of methoxy groups -OCH3 is 3. The molecule has 1 aliphatic heterocycles. The molecule has 3 aromatic rings. The predicted octanol–water partition coefficient (Wildman–Crippen LogP) is 2.14. The molecule has 3 aromatic carbocycles. The topological polar surface area (TPSA) is 137 Å². The van der Waals surface area contributed by atoms with Crippen molar-refractivity contribution in [2.45, 2.75) is 6.04 Å². The Bertz CT molecular complexity index is 1420. The van der Waals surface area contributed by atoms with E-state index in [-0.39, 0.29) is 23.9 Å². The molecule has 0 bridgehead atoms. The molecule has 1 heterocycles. The van der Waals surface area contributed by atoms with E-state index in [0.717, 1.165) is 10.8 Å². The molecule has 0 spiro atoms. The molecule has 11 nitrogen and oxygen atoms in total. The minimum atomic E-state index is -0.820. The van der Waals surface area contributed by atoms with Crippen LogP contribution in [0.5, 0.6) is 17.2 Å². The van der Waals surface area contributed by atoms with E-state index in [9.17, 15) is 14.9 Å². The van der Waals surface area contributed by atoms with E-state index in [1.165, 1.54) is 21.3 Å². The Labute approximate surface area is 219 Å². The number of carbonyl (C=O) groups excluding carboxylic acids is 2. The third kappa shape index (κ3) is 5.55. The monoisotopic (exact) mass is 516 g/mol. The number of nitriles is 1. The Kier molecular flexibility index (Phi) is 8.15. The third-order valence-corrected chi connectivity index (χ3v) is 5.96. The molecule has 11 heteroatoms. The molecule has 196 valence electrons. The number of rotatable bonds is 10. The van der Waals surface area contributed by atoms with Gasteiger partial charge in [-0.3, -0.25) is 20.0 Å². The first kappa shape index (κ1) is 26.1. The van der Waals surface area contributed by atoms with Gasteiger partial charge in [0, 0.05) is 12.7 Å². The van der Waals surface area contributed by atoms with Crippen molar-refractivity contribution in [1.82, 2.24) is 26.6 Å². The Hall–Kier alpha value is -4.95. The van der Waals surface area contributed by atoms with Crippen LogP contribution in [0.15, 0.2) is 66.5 Å².